The van der Waals surface area contributed by atoms with Gasteiger partial charge in [-0.15, -0.1) is 4.91 Å². The molecule has 0 bridgehead atoms. The third kappa shape index (κ3) is 5.06. The first kappa shape index (κ1) is 21.4. The Labute approximate surface area is 165 Å². The van der Waals surface area contributed by atoms with E-state index in [2.05, 4.69) is 11.8 Å². The number of rotatable bonds is 6. The van der Waals surface area contributed by atoms with Crippen molar-refractivity contribution in [2.75, 3.05) is 13.2 Å². The normalized spacial score (nSPS) is 14.6. The Morgan fingerprint density at radius 3 is 2.41 bits per heavy atom. The number of benzene rings is 1. The van der Waals surface area contributed by atoms with Crippen LogP contribution >= 0.6 is 0 Å². The molecular formula is C19H18N2O8. The minimum absolute atomic E-state index is 0.0220. The second-order valence-electron chi connectivity index (χ2n) is 5.33. The molecule has 0 saturated heterocycles. The number of nitroso groups, excluding NO2 is 1. The van der Waals surface area contributed by atoms with Crippen molar-refractivity contribution in [3.8, 4) is 5.75 Å². The van der Waals surface area contributed by atoms with Gasteiger partial charge in [0.05, 0.1) is 18.8 Å². The fourth-order valence-electron chi connectivity index (χ4n) is 2.31. The number of carbonyl (C=O) groups excluding carboxylic acids is 2. The molecule has 10 heteroatoms. The van der Waals surface area contributed by atoms with E-state index in [1.165, 1.54) is 36.4 Å². The van der Waals surface area contributed by atoms with Gasteiger partial charge in [0.1, 0.15) is 5.76 Å². The van der Waals surface area contributed by atoms with E-state index in [1.807, 2.05) is 0 Å². The molecule has 0 amide bonds. The molecule has 0 spiro atoms. The van der Waals surface area contributed by atoms with Gasteiger partial charge < -0.3 is 24.2 Å². The Morgan fingerprint density at radius 1 is 1.14 bits per heavy atom. The second kappa shape index (κ2) is 9.83. The van der Waals surface area contributed by atoms with Crippen LogP contribution in [0.25, 0.3) is 0 Å². The van der Waals surface area contributed by atoms with Gasteiger partial charge in [-0.25, -0.2) is 9.59 Å². The van der Waals surface area contributed by atoms with Crippen LogP contribution in [0, 0.1) is 10.1 Å². The molecule has 29 heavy (non-hydrogen) atoms. The van der Waals surface area contributed by atoms with Gasteiger partial charge in [-0.2, -0.15) is 4.74 Å². The second-order valence-corrected chi connectivity index (χ2v) is 5.33. The first-order chi connectivity index (χ1) is 13.9. The van der Waals surface area contributed by atoms with Crippen molar-refractivity contribution in [3.63, 3.8) is 0 Å². The third-order valence-corrected chi connectivity index (χ3v) is 3.52. The van der Waals surface area contributed by atoms with Gasteiger partial charge in [0.25, 0.3) is 5.69 Å². The highest BCUT2D eigenvalue weighted by molar-refractivity contribution is 6.09. The zero-order valence-electron chi connectivity index (χ0n) is 15.7. The van der Waals surface area contributed by atoms with Crippen LogP contribution < -0.4 is 4.74 Å². The third-order valence-electron chi connectivity index (χ3n) is 3.52. The SMILES string of the molecule is C=C1C(OC(=O)OCC)=CC=C/C1=[N+](\[O-])c1c(N=O)cccc1OC(=O)OCC. The first-order valence-corrected chi connectivity index (χ1v) is 8.50. The molecule has 1 aliphatic rings. The van der Waals surface area contributed by atoms with E-state index in [0.717, 1.165) is 0 Å². The van der Waals surface area contributed by atoms with Gasteiger partial charge in [-0.1, -0.05) is 18.7 Å². The number of para-hydroxylation sites is 1. The molecule has 1 aromatic rings. The molecule has 1 aliphatic carbocycles. The van der Waals surface area contributed by atoms with Gasteiger partial charge in [0, 0.05) is 6.08 Å². The summed E-state index contributed by atoms with van der Waals surface area (Å²) in [5.74, 6) is -0.266. The monoisotopic (exact) mass is 402 g/mol. The number of nitrogens with zero attached hydrogens (tertiary/aromatic N) is 2. The predicted octanol–water partition coefficient (Wildman–Crippen LogP) is 4.39. The van der Waals surface area contributed by atoms with Crippen molar-refractivity contribution in [2.45, 2.75) is 13.8 Å². The van der Waals surface area contributed by atoms with E-state index in [9.17, 15) is 19.7 Å². The topological polar surface area (TPSA) is 127 Å². The zero-order chi connectivity index (χ0) is 21.4. The maximum Gasteiger partial charge on any atom is 0.514 e. The summed E-state index contributed by atoms with van der Waals surface area (Å²) in [5, 5.41) is 15.9. The van der Waals surface area contributed by atoms with Crippen LogP contribution in [0.5, 0.6) is 5.75 Å². The number of hydrogen-bond acceptors (Lipinski definition) is 9. The minimum Gasteiger partial charge on any atom is -0.618 e. The number of carbonyl (C=O) groups is 2. The molecule has 0 saturated carbocycles. The van der Waals surface area contributed by atoms with Gasteiger partial charge in [0.2, 0.25) is 11.5 Å². The molecule has 0 aliphatic heterocycles. The summed E-state index contributed by atoms with van der Waals surface area (Å²) in [6.07, 6.45) is 2.21. The van der Waals surface area contributed by atoms with E-state index < -0.39 is 12.3 Å². The van der Waals surface area contributed by atoms with E-state index in [-0.39, 0.29) is 47.4 Å². The highest BCUT2D eigenvalue weighted by Crippen LogP contribution is 2.38. The molecule has 152 valence electrons. The van der Waals surface area contributed by atoms with Crippen molar-refractivity contribution in [1.29, 1.82) is 0 Å². The van der Waals surface area contributed by atoms with Crippen molar-refractivity contribution >= 4 is 29.4 Å². The smallest absolute Gasteiger partial charge is 0.514 e. The summed E-state index contributed by atoms with van der Waals surface area (Å²) in [6, 6.07) is 3.95. The Hall–Kier alpha value is -3.95. The molecule has 0 unspecified atom stereocenters. The predicted molar refractivity (Wildman–Crippen MR) is 102 cm³/mol. The highest BCUT2D eigenvalue weighted by Gasteiger charge is 2.28. The van der Waals surface area contributed by atoms with Crippen molar-refractivity contribution < 1.29 is 33.3 Å². The van der Waals surface area contributed by atoms with Crippen molar-refractivity contribution in [1.82, 2.24) is 0 Å². The Balaban J connectivity index is 2.47. The molecule has 0 fully saturated rings. The molecule has 0 N–H and O–H groups in total. The lowest BCUT2D eigenvalue weighted by molar-refractivity contribution is -0.359. The largest absolute Gasteiger partial charge is 0.618 e. The van der Waals surface area contributed by atoms with Crippen LogP contribution in [0.2, 0.25) is 0 Å². The summed E-state index contributed by atoms with van der Waals surface area (Å²) in [6.45, 7) is 7.08. The lowest BCUT2D eigenvalue weighted by Crippen LogP contribution is -2.19. The maximum atomic E-state index is 13.0. The zero-order valence-corrected chi connectivity index (χ0v) is 15.7. The molecule has 2 rings (SSSR count). The molecule has 1 aromatic carbocycles. The van der Waals surface area contributed by atoms with Crippen LogP contribution in [0.15, 0.2) is 59.5 Å². The number of hydrogen-bond donors (Lipinski definition) is 0. The Morgan fingerprint density at radius 2 is 1.79 bits per heavy atom. The van der Waals surface area contributed by atoms with Crippen LogP contribution in [-0.4, -0.2) is 36.0 Å². The highest BCUT2D eigenvalue weighted by atomic mass is 16.7. The molecule has 0 radical (unpaired) electrons. The fourth-order valence-corrected chi connectivity index (χ4v) is 2.31. The lowest BCUT2D eigenvalue weighted by atomic mass is 10.0. The molecule has 0 aromatic heterocycles. The van der Waals surface area contributed by atoms with E-state index >= 15 is 0 Å². The van der Waals surface area contributed by atoms with Crippen molar-refractivity contribution in [3.05, 3.63) is 64.5 Å². The van der Waals surface area contributed by atoms with Crippen LogP contribution in [0.4, 0.5) is 21.0 Å². The Kier molecular flexibility index (Phi) is 7.24. The fraction of sp³-hybridized carbons (Fsp3) is 0.211. The van der Waals surface area contributed by atoms with Gasteiger partial charge in [-0.3, -0.25) is 0 Å². The van der Waals surface area contributed by atoms with Crippen LogP contribution in [-0.2, 0) is 14.2 Å². The average molecular weight is 402 g/mol. The molecule has 10 nitrogen and oxygen atoms in total. The number of ether oxygens (including phenoxy) is 4. The van der Waals surface area contributed by atoms with Crippen LogP contribution in [0.1, 0.15) is 13.8 Å². The van der Waals surface area contributed by atoms with E-state index in [0.29, 0.717) is 4.74 Å². The van der Waals surface area contributed by atoms with Crippen LogP contribution in [0.3, 0.4) is 0 Å². The van der Waals surface area contributed by atoms with E-state index in [1.54, 1.807) is 13.8 Å². The van der Waals surface area contributed by atoms with Crippen molar-refractivity contribution in [2.24, 2.45) is 5.18 Å². The summed E-state index contributed by atoms with van der Waals surface area (Å²) in [4.78, 5) is 34.4. The summed E-state index contributed by atoms with van der Waals surface area (Å²) < 4.78 is 19.7. The lowest BCUT2D eigenvalue weighted by Gasteiger charge is -2.16. The van der Waals surface area contributed by atoms with Gasteiger partial charge in [0.15, 0.2) is 5.69 Å². The maximum absolute atomic E-state index is 13.0. The first-order valence-electron chi connectivity index (χ1n) is 8.50. The summed E-state index contributed by atoms with van der Waals surface area (Å²) >= 11 is 0. The van der Waals surface area contributed by atoms with E-state index in [4.69, 9.17) is 18.9 Å². The quantitative estimate of drug-likeness (QED) is 0.171. The number of allylic oxidation sites excluding steroid dienone is 4. The standard InChI is InChI=1S/C19H18N2O8/c1-4-26-18(22)28-15-10-7-9-14(12(15)3)21(25)17-13(20-24)8-6-11-16(17)29-19(23)27-5-2/h6-11H,3-5H2,1-2H3/b21-14+. The molecular weight excluding hydrogens is 384 g/mol. The molecule has 0 heterocycles. The minimum atomic E-state index is -1.06. The summed E-state index contributed by atoms with van der Waals surface area (Å²) in [5.41, 5.74) is -0.651. The average Bonchev–Trinajstić information content (AvgIpc) is 2.69. The van der Waals surface area contributed by atoms with Gasteiger partial charge >= 0.3 is 12.3 Å². The molecule has 0 atom stereocenters. The summed E-state index contributed by atoms with van der Waals surface area (Å²) in [7, 11) is 0. The Bertz CT molecular complexity index is 930. The van der Waals surface area contributed by atoms with Gasteiger partial charge in [-0.05, 0) is 37.2 Å².